The van der Waals surface area contributed by atoms with Crippen molar-refractivity contribution in [3.8, 4) is 5.69 Å². The van der Waals surface area contributed by atoms with E-state index in [1.807, 2.05) is 0 Å². The topological polar surface area (TPSA) is 103 Å². The van der Waals surface area contributed by atoms with Gasteiger partial charge in [0.25, 0.3) is 11.6 Å². The summed E-state index contributed by atoms with van der Waals surface area (Å²) in [4.78, 5) is 30.0. The number of nitro benzene ring substituents is 1. The molecule has 0 bridgehead atoms. The molecule has 1 unspecified atom stereocenters. The van der Waals surface area contributed by atoms with E-state index in [1.54, 1.807) is 29.1 Å². The number of nitrogens with zero attached hydrogens (tertiary/aromatic N) is 4. The van der Waals surface area contributed by atoms with E-state index in [0.29, 0.717) is 31.4 Å². The zero-order chi connectivity index (χ0) is 20.8. The first-order valence-corrected chi connectivity index (χ1v) is 9.82. The summed E-state index contributed by atoms with van der Waals surface area (Å²) in [6, 6.07) is 4.70. The molecule has 0 aliphatic carbocycles. The van der Waals surface area contributed by atoms with Gasteiger partial charge in [-0.1, -0.05) is 13.8 Å². The summed E-state index contributed by atoms with van der Waals surface area (Å²) in [7, 11) is 0. The Morgan fingerprint density at radius 3 is 2.72 bits per heavy atom. The fourth-order valence-electron chi connectivity index (χ4n) is 3.59. The molecule has 1 aliphatic heterocycles. The molecule has 1 amide bonds. The normalized spacial score (nSPS) is 16.0. The second-order valence-electron chi connectivity index (χ2n) is 7.57. The van der Waals surface area contributed by atoms with Crippen LogP contribution >= 0.6 is 0 Å². The largest absolute Gasteiger partial charge is 0.379 e. The van der Waals surface area contributed by atoms with E-state index in [4.69, 9.17) is 4.74 Å². The number of benzene rings is 1. The molecule has 1 aromatic carbocycles. The van der Waals surface area contributed by atoms with Crippen molar-refractivity contribution >= 4 is 11.6 Å². The van der Waals surface area contributed by atoms with E-state index < -0.39 is 4.92 Å². The van der Waals surface area contributed by atoms with Gasteiger partial charge in [0.2, 0.25) is 0 Å². The number of carbonyl (C=O) groups excluding carboxylic acids is 1. The molecular formula is C20H27N5O4. The summed E-state index contributed by atoms with van der Waals surface area (Å²) in [5, 5.41) is 14.5. The minimum Gasteiger partial charge on any atom is -0.379 e. The summed E-state index contributed by atoms with van der Waals surface area (Å²) in [5.41, 5.74) is 0.503. The number of carbonyl (C=O) groups is 1. The number of hydrogen-bond acceptors (Lipinski definition) is 6. The van der Waals surface area contributed by atoms with E-state index >= 15 is 0 Å². The van der Waals surface area contributed by atoms with Crippen molar-refractivity contribution < 1.29 is 14.5 Å². The Hall–Kier alpha value is -2.78. The van der Waals surface area contributed by atoms with Crippen molar-refractivity contribution in [3.05, 3.63) is 52.6 Å². The molecule has 29 heavy (non-hydrogen) atoms. The zero-order valence-electron chi connectivity index (χ0n) is 16.8. The predicted octanol–water partition coefficient (Wildman–Crippen LogP) is 2.26. The number of nitro groups is 1. The van der Waals surface area contributed by atoms with Crippen molar-refractivity contribution in [1.82, 2.24) is 19.8 Å². The number of hydrogen-bond donors (Lipinski definition) is 1. The first-order valence-electron chi connectivity index (χ1n) is 9.82. The van der Waals surface area contributed by atoms with Gasteiger partial charge in [-0.15, -0.1) is 0 Å². The van der Waals surface area contributed by atoms with Crippen LogP contribution in [0.15, 0.2) is 36.9 Å². The van der Waals surface area contributed by atoms with Crippen molar-refractivity contribution in [2.45, 2.75) is 26.3 Å². The Morgan fingerprint density at radius 1 is 1.34 bits per heavy atom. The molecule has 1 aromatic heterocycles. The van der Waals surface area contributed by atoms with Crippen LogP contribution in [0.2, 0.25) is 0 Å². The molecule has 3 rings (SSSR count). The van der Waals surface area contributed by atoms with Gasteiger partial charge < -0.3 is 14.6 Å². The SMILES string of the molecule is CC(C)CC(CNC(=O)c1ccc(-n2ccnc2)c([N+](=O)[O-])c1)N1CCOCC1. The van der Waals surface area contributed by atoms with Gasteiger partial charge in [0.15, 0.2) is 0 Å². The minimum atomic E-state index is -0.485. The Balaban J connectivity index is 1.72. The third kappa shape index (κ3) is 5.39. The first kappa shape index (κ1) is 20.9. The molecule has 1 aliphatic rings. The monoisotopic (exact) mass is 401 g/mol. The van der Waals surface area contributed by atoms with Gasteiger partial charge >= 0.3 is 0 Å². The Bertz CT molecular complexity index is 831. The van der Waals surface area contributed by atoms with E-state index in [9.17, 15) is 14.9 Å². The molecule has 2 aromatic rings. The fourth-order valence-corrected chi connectivity index (χ4v) is 3.59. The van der Waals surface area contributed by atoms with Crippen LogP contribution < -0.4 is 5.32 Å². The maximum atomic E-state index is 12.7. The van der Waals surface area contributed by atoms with Crippen LogP contribution in [0.5, 0.6) is 0 Å². The van der Waals surface area contributed by atoms with Crippen LogP contribution in [-0.2, 0) is 4.74 Å². The summed E-state index contributed by atoms with van der Waals surface area (Å²) < 4.78 is 6.98. The summed E-state index contributed by atoms with van der Waals surface area (Å²) in [6.07, 6.45) is 5.62. The van der Waals surface area contributed by atoms with Crippen molar-refractivity contribution in [3.63, 3.8) is 0 Å². The maximum absolute atomic E-state index is 12.7. The highest BCUT2D eigenvalue weighted by Gasteiger charge is 2.24. The zero-order valence-corrected chi connectivity index (χ0v) is 16.8. The van der Waals surface area contributed by atoms with E-state index in [1.165, 1.54) is 12.4 Å². The van der Waals surface area contributed by atoms with Gasteiger partial charge in [0, 0.05) is 49.7 Å². The van der Waals surface area contributed by atoms with Crippen LogP contribution in [0.4, 0.5) is 5.69 Å². The highest BCUT2D eigenvalue weighted by atomic mass is 16.6. The number of ether oxygens (including phenoxy) is 1. The molecule has 1 atom stereocenters. The number of rotatable bonds is 8. The number of imidazole rings is 1. The highest BCUT2D eigenvalue weighted by Crippen LogP contribution is 2.24. The van der Waals surface area contributed by atoms with E-state index in [2.05, 4.69) is 29.0 Å². The molecule has 9 heteroatoms. The quantitative estimate of drug-likeness (QED) is 0.538. The Morgan fingerprint density at radius 2 is 2.10 bits per heavy atom. The summed E-state index contributed by atoms with van der Waals surface area (Å²) in [5.74, 6) is 0.183. The third-order valence-corrected chi connectivity index (χ3v) is 5.02. The average molecular weight is 401 g/mol. The molecule has 156 valence electrons. The van der Waals surface area contributed by atoms with Crippen molar-refractivity contribution in [1.29, 1.82) is 0 Å². The average Bonchev–Trinajstić information content (AvgIpc) is 3.25. The summed E-state index contributed by atoms with van der Waals surface area (Å²) >= 11 is 0. The van der Waals surface area contributed by atoms with Crippen molar-refractivity contribution in [2.24, 2.45) is 5.92 Å². The smallest absolute Gasteiger partial charge is 0.294 e. The minimum absolute atomic E-state index is 0.137. The highest BCUT2D eigenvalue weighted by molar-refractivity contribution is 5.95. The molecule has 1 saturated heterocycles. The second kappa shape index (κ2) is 9.62. The molecule has 1 N–H and O–H groups in total. The second-order valence-corrected chi connectivity index (χ2v) is 7.57. The molecule has 0 saturated carbocycles. The van der Waals surface area contributed by atoms with Crippen LogP contribution in [0.25, 0.3) is 5.69 Å². The lowest BCUT2D eigenvalue weighted by atomic mass is 10.0. The van der Waals surface area contributed by atoms with E-state index in [-0.39, 0.29) is 23.2 Å². The van der Waals surface area contributed by atoms with Crippen molar-refractivity contribution in [2.75, 3.05) is 32.8 Å². The first-order chi connectivity index (χ1) is 14.0. The van der Waals surface area contributed by atoms with Gasteiger partial charge in [0.05, 0.1) is 24.5 Å². The summed E-state index contributed by atoms with van der Waals surface area (Å²) in [6.45, 7) is 7.90. The van der Waals surface area contributed by atoms with E-state index in [0.717, 1.165) is 19.5 Å². The van der Waals surface area contributed by atoms with Crippen LogP contribution in [0.3, 0.4) is 0 Å². The fraction of sp³-hybridized carbons (Fsp3) is 0.500. The van der Waals surface area contributed by atoms with Gasteiger partial charge in [-0.2, -0.15) is 0 Å². The molecule has 9 nitrogen and oxygen atoms in total. The predicted molar refractivity (Wildman–Crippen MR) is 108 cm³/mol. The van der Waals surface area contributed by atoms with Crippen LogP contribution in [0.1, 0.15) is 30.6 Å². The Kier molecular flexibility index (Phi) is 6.95. The third-order valence-electron chi connectivity index (χ3n) is 5.02. The number of amides is 1. The van der Waals surface area contributed by atoms with Gasteiger partial charge in [-0.3, -0.25) is 19.8 Å². The van der Waals surface area contributed by atoms with Crippen LogP contribution in [0, 0.1) is 16.0 Å². The number of nitrogens with one attached hydrogen (secondary N) is 1. The lowest BCUT2D eigenvalue weighted by Gasteiger charge is -2.35. The van der Waals surface area contributed by atoms with Gasteiger partial charge in [0.1, 0.15) is 5.69 Å². The number of aromatic nitrogens is 2. The van der Waals surface area contributed by atoms with Gasteiger partial charge in [-0.25, -0.2) is 4.98 Å². The van der Waals surface area contributed by atoms with Crippen LogP contribution in [-0.4, -0.2) is 64.2 Å². The molecular weight excluding hydrogens is 374 g/mol. The standard InChI is InChI=1S/C20H27N5O4/c1-15(2)11-17(23-7-9-29-10-8-23)13-22-20(26)16-3-4-18(19(12-16)25(27)28)24-6-5-21-14-24/h3-6,12,14-15,17H,7-11,13H2,1-2H3,(H,22,26). The molecule has 1 fully saturated rings. The lowest BCUT2D eigenvalue weighted by Crippen LogP contribution is -2.49. The Labute approximate surface area is 169 Å². The molecule has 0 spiro atoms. The molecule has 2 heterocycles. The molecule has 0 radical (unpaired) electrons. The lowest BCUT2D eigenvalue weighted by molar-refractivity contribution is -0.384. The van der Waals surface area contributed by atoms with Gasteiger partial charge in [-0.05, 0) is 24.5 Å². The number of morpholine rings is 1. The maximum Gasteiger partial charge on any atom is 0.294 e.